The molecule has 0 saturated carbocycles. The molecule has 28 heteroatoms. The first-order valence-electron chi connectivity index (χ1n) is 36.1. The van der Waals surface area contributed by atoms with Gasteiger partial charge in [0.15, 0.2) is 0 Å². The maximum absolute atomic E-state index is 18.1. The van der Waals surface area contributed by atoms with E-state index in [2.05, 4.69) is 70.7 Å². The van der Waals surface area contributed by atoms with Crippen LogP contribution in [-0.4, -0.2) is 199 Å². The molecule has 0 unspecified atom stereocenters. The maximum atomic E-state index is 18.1. The summed E-state index contributed by atoms with van der Waals surface area (Å²) in [6.45, 7) is 12.9. The molecule has 103 heavy (non-hydrogen) atoms. The van der Waals surface area contributed by atoms with Crippen LogP contribution in [0.2, 0.25) is 10.2 Å². The van der Waals surface area contributed by atoms with Gasteiger partial charge < -0.3 is 29.2 Å². The Morgan fingerprint density at radius 1 is 0.485 bits per heavy atom. The zero-order valence-corrected chi connectivity index (χ0v) is 61.1. The van der Waals surface area contributed by atoms with E-state index in [4.69, 9.17) is 47.9 Å². The lowest BCUT2D eigenvalue weighted by atomic mass is 9.88. The van der Waals surface area contributed by atoms with E-state index < -0.39 is 47.6 Å². The van der Waals surface area contributed by atoms with Gasteiger partial charge in [-0.05, 0) is 184 Å². The third-order valence-corrected chi connectivity index (χ3v) is 23.7. The molecule has 15 rings (SSSR count). The highest BCUT2D eigenvalue weighted by molar-refractivity contribution is 6.31. The fourth-order valence-electron chi connectivity index (χ4n) is 17.4. The van der Waals surface area contributed by atoms with Crippen LogP contribution in [0, 0.1) is 5.95 Å². The second-order valence-corrected chi connectivity index (χ2v) is 30.1. The molecule has 548 valence electrons. The number of rotatable bonds is 14. The Morgan fingerprint density at radius 3 is 1.60 bits per heavy atom. The van der Waals surface area contributed by atoms with Gasteiger partial charge in [0.1, 0.15) is 45.2 Å². The maximum Gasteiger partial charge on any atom is 0.418 e. The number of methoxy groups -OCH3 is 1. The van der Waals surface area contributed by atoms with Crippen LogP contribution < -0.4 is 14.7 Å². The number of piperidine rings is 3. The highest BCUT2D eigenvalue weighted by atomic mass is 35.5. The molecule has 9 aromatic heterocycles. The Bertz CT molecular complexity index is 4590. The first-order chi connectivity index (χ1) is 49.4. The smallest absolute Gasteiger partial charge is 0.378 e. The lowest BCUT2D eigenvalue weighted by Gasteiger charge is -2.40. The van der Waals surface area contributed by atoms with E-state index >= 15 is 30.7 Å². The van der Waals surface area contributed by atoms with E-state index in [9.17, 15) is 0 Å². The Kier molecular flexibility index (Phi) is 19.8. The summed E-state index contributed by atoms with van der Waals surface area (Å²) < 4.78 is 127. The van der Waals surface area contributed by atoms with Gasteiger partial charge in [0.2, 0.25) is 5.95 Å². The van der Waals surface area contributed by atoms with Crippen molar-refractivity contribution in [3.8, 4) is 22.3 Å². The Labute approximate surface area is 605 Å². The number of anilines is 3. The van der Waals surface area contributed by atoms with E-state index in [0.717, 1.165) is 93.1 Å². The second kappa shape index (κ2) is 28.6. The molecule has 6 aliphatic heterocycles. The molecule has 0 aliphatic carbocycles. The van der Waals surface area contributed by atoms with Crippen molar-refractivity contribution in [1.29, 1.82) is 0 Å². The highest BCUT2D eigenvalue weighted by Gasteiger charge is 2.46. The van der Waals surface area contributed by atoms with Crippen LogP contribution in [0.3, 0.4) is 0 Å². The van der Waals surface area contributed by atoms with Crippen molar-refractivity contribution in [2.24, 2.45) is 0 Å². The van der Waals surface area contributed by atoms with Gasteiger partial charge in [-0.25, -0.2) is 15.0 Å². The number of ether oxygens (including phenoxy) is 1. The Balaban J connectivity index is 0.773. The summed E-state index contributed by atoms with van der Waals surface area (Å²) in [5, 5.41) is 0.943. The monoisotopic (exact) mass is 1460 g/mol. The number of halogens is 9. The molecular formula is C75H89Cl2F7N18O. The van der Waals surface area contributed by atoms with Gasteiger partial charge in [0.05, 0.1) is 93.2 Å². The molecule has 6 saturated heterocycles. The van der Waals surface area contributed by atoms with Gasteiger partial charge in [0, 0.05) is 116 Å². The number of likely N-dealkylation sites (tertiary alicyclic amines) is 3. The third kappa shape index (κ3) is 13.3. The quantitative estimate of drug-likeness (QED) is 0.0957. The molecule has 9 aromatic rings. The van der Waals surface area contributed by atoms with E-state index in [1.165, 1.54) is 22.9 Å². The number of hydrogen-bond donors (Lipinski definition) is 0. The van der Waals surface area contributed by atoms with E-state index in [-0.39, 0.29) is 70.6 Å². The Hall–Kier alpha value is -7.27. The van der Waals surface area contributed by atoms with Crippen LogP contribution >= 0.6 is 23.2 Å². The third-order valence-electron chi connectivity index (χ3n) is 23.0. The van der Waals surface area contributed by atoms with Gasteiger partial charge in [-0.2, -0.15) is 30.7 Å². The molecule has 0 spiro atoms. The molecule has 6 aliphatic rings. The molecule has 6 atom stereocenters. The van der Waals surface area contributed by atoms with Crippen molar-refractivity contribution in [3.63, 3.8) is 0 Å². The Morgan fingerprint density at radius 2 is 1.00 bits per heavy atom. The summed E-state index contributed by atoms with van der Waals surface area (Å²) in [6.07, 6.45) is 0.0220. The van der Waals surface area contributed by atoms with Crippen molar-refractivity contribution in [3.05, 3.63) is 152 Å². The largest absolute Gasteiger partial charge is 0.418 e. The summed E-state index contributed by atoms with van der Waals surface area (Å²) in [5.41, 5.74) is 2.92. The number of imidazole rings is 3. The number of piperazine rings is 3. The average molecular weight is 1460 g/mol. The lowest BCUT2D eigenvalue weighted by molar-refractivity contribution is -0.140. The predicted octanol–water partition coefficient (Wildman–Crippen LogP) is 14.5. The number of likely N-dealkylation sites (N-methyl/N-ethyl adjacent to an activating group) is 2. The van der Waals surface area contributed by atoms with E-state index in [0.29, 0.717) is 116 Å². The topological polar surface area (TPSA) is 129 Å². The number of pyridine rings is 6. The van der Waals surface area contributed by atoms with Crippen LogP contribution in [0.25, 0.3) is 39.2 Å². The van der Waals surface area contributed by atoms with Gasteiger partial charge in [0.25, 0.3) is 0 Å². The number of nitrogens with zero attached hydrogens (tertiary/aromatic N) is 18. The normalized spacial score (nSPS) is 23.2. The fourth-order valence-corrected chi connectivity index (χ4v) is 18.0. The number of aromatic nitrogens is 9. The average Bonchev–Trinajstić information content (AvgIpc) is 1.67. The van der Waals surface area contributed by atoms with Crippen molar-refractivity contribution >= 4 is 57.6 Å². The van der Waals surface area contributed by atoms with Crippen molar-refractivity contribution in [2.75, 3.05) is 136 Å². The molecular weight excluding hydrogens is 1370 g/mol. The number of alkyl halides is 6. The minimum absolute atomic E-state index is 0.0105. The minimum atomic E-state index is -4.91. The molecule has 0 amide bonds. The SMILES string of the molecule is COCc1c([C@H]2CCC[C@@H](c3ncc(-c4cc(N5CCN(C)CC5)n5c(F)c([C@H]6CCC[C@@H](c7nccc(-c8cc(N9CCN(C(C)C)CC9)n9c(Cl)c([C@H]%10CCC[C@@H](c%11ncccc%11Cl)N%10C)nc9c8)c7C(F)(F)F)N6C)nc5c4)cc3C(F)(F)F)N2C)nc2cccc(N3CCN(C)CC3)n12. The minimum Gasteiger partial charge on any atom is -0.378 e. The van der Waals surface area contributed by atoms with Crippen LogP contribution in [0.15, 0.2) is 85.3 Å². The summed E-state index contributed by atoms with van der Waals surface area (Å²) in [4.78, 5) is 48.8. The van der Waals surface area contributed by atoms with Gasteiger partial charge in [-0.15, -0.1) is 0 Å². The van der Waals surface area contributed by atoms with Crippen molar-refractivity contribution < 1.29 is 35.5 Å². The van der Waals surface area contributed by atoms with E-state index in [1.54, 1.807) is 55.6 Å². The number of fused-ring (bicyclic) bond motifs is 3. The molecule has 0 aromatic carbocycles. The summed E-state index contributed by atoms with van der Waals surface area (Å²) in [7, 11) is 11.3. The summed E-state index contributed by atoms with van der Waals surface area (Å²) >= 11 is 14.3. The molecule has 15 heterocycles. The molecule has 19 nitrogen and oxygen atoms in total. The molecule has 6 fully saturated rings. The lowest BCUT2D eigenvalue weighted by Crippen LogP contribution is -2.49. The molecule has 0 N–H and O–H groups in total. The second-order valence-electron chi connectivity index (χ2n) is 29.3. The van der Waals surface area contributed by atoms with Crippen LogP contribution in [-0.2, 0) is 23.7 Å². The summed E-state index contributed by atoms with van der Waals surface area (Å²) in [5.74, 6) is 1.29. The van der Waals surface area contributed by atoms with Crippen LogP contribution in [0.5, 0.6) is 0 Å². The van der Waals surface area contributed by atoms with E-state index in [1.807, 2.05) is 53.5 Å². The fraction of sp³-hybridized carbons (Fsp3) is 0.520. The standard InChI is InChI=1S/C75H89Cl2F7N18O/c1-45(2)96-34-36-99(37-35-96)63-42-47(40-60-89-70(72(77)101(60)63)56-19-10-16-53(94(56)6)67-51(76)14-13-24-85-67)49-23-25-86-69(65(49)75(82,83)84)55-18-11-20-57(95(55)7)71-73(78)102-61(90-71)39-46(41-64(102)98-32-28-92(4)29-33-98)48-38-50(74(79,80)81)66(87-43-48)52-15-9-17-54(93(52)5)68-58(44-103-8)100-59(88-68)21-12-22-62(100)97-30-26-91(3)27-31-97/h12-14,21-25,38-43,45,52-57H,9-11,15-20,26-37,44H2,1-8H3/t52-,53-,54+,55-,56+,57+/m0/s1. The number of hydrogen-bond acceptors (Lipinski definition) is 16. The van der Waals surface area contributed by atoms with Crippen LogP contribution in [0.4, 0.5) is 48.2 Å². The molecule has 0 radical (unpaired) electrons. The van der Waals surface area contributed by atoms with Crippen molar-refractivity contribution in [1.82, 2.24) is 72.5 Å². The van der Waals surface area contributed by atoms with Gasteiger partial charge in [-0.1, -0.05) is 29.3 Å². The molecule has 0 bridgehead atoms. The van der Waals surface area contributed by atoms with Gasteiger partial charge in [-0.3, -0.25) is 47.8 Å². The first-order valence-corrected chi connectivity index (χ1v) is 36.9. The first kappa shape index (κ1) is 71.3. The highest BCUT2D eigenvalue weighted by Crippen LogP contribution is 2.51. The van der Waals surface area contributed by atoms with Gasteiger partial charge >= 0.3 is 12.4 Å². The van der Waals surface area contributed by atoms with Crippen LogP contribution in [0.1, 0.15) is 159 Å². The zero-order valence-electron chi connectivity index (χ0n) is 59.5. The summed E-state index contributed by atoms with van der Waals surface area (Å²) in [6, 6.07) is 16.1. The predicted molar refractivity (Wildman–Crippen MR) is 387 cm³/mol. The van der Waals surface area contributed by atoms with Crippen molar-refractivity contribution in [2.45, 2.75) is 133 Å². The zero-order chi connectivity index (χ0) is 72.1.